The van der Waals surface area contributed by atoms with Gasteiger partial charge in [0.1, 0.15) is 23.9 Å². The Morgan fingerprint density at radius 3 is 2.31 bits per heavy atom. The first-order valence-corrected chi connectivity index (χ1v) is 13.1. The molecular weight excluding hydrogens is 506 g/mol. The number of nitrogens with one attached hydrogen (secondary N) is 2. The summed E-state index contributed by atoms with van der Waals surface area (Å²) >= 11 is 0. The van der Waals surface area contributed by atoms with Crippen molar-refractivity contribution < 1.29 is 29.4 Å². The van der Waals surface area contributed by atoms with Crippen molar-refractivity contribution >= 4 is 29.7 Å². The number of phenolic OH excluding ortho intramolecular Hbond substituents is 1. The van der Waals surface area contributed by atoms with Gasteiger partial charge in [0.2, 0.25) is 17.7 Å². The second-order valence-electron chi connectivity index (χ2n) is 10.2. The highest BCUT2D eigenvalue weighted by atomic mass is 16.4. The number of nitrogens with zero attached hydrogens (tertiary/aromatic N) is 2. The van der Waals surface area contributed by atoms with E-state index in [-0.39, 0.29) is 36.9 Å². The maximum absolute atomic E-state index is 13.5. The van der Waals surface area contributed by atoms with E-state index in [1.807, 2.05) is 13.8 Å². The van der Waals surface area contributed by atoms with Gasteiger partial charge in [-0.3, -0.25) is 19.4 Å². The molecule has 1 aliphatic rings. The fourth-order valence-electron chi connectivity index (χ4n) is 4.46. The highest BCUT2D eigenvalue weighted by Crippen LogP contribution is 2.21. The Balaban J connectivity index is 2.20. The lowest BCUT2D eigenvalue weighted by Crippen LogP contribution is -2.57. The first-order valence-electron chi connectivity index (χ1n) is 13.1. The van der Waals surface area contributed by atoms with Gasteiger partial charge in [-0.15, -0.1) is 0 Å². The van der Waals surface area contributed by atoms with E-state index in [9.17, 15) is 29.4 Å². The van der Waals surface area contributed by atoms with Crippen LogP contribution in [0.5, 0.6) is 5.75 Å². The summed E-state index contributed by atoms with van der Waals surface area (Å²) in [4.78, 5) is 56.5. The van der Waals surface area contributed by atoms with Gasteiger partial charge in [-0.25, -0.2) is 4.79 Å². The van der Waals surface area contributed by atoms with Gasteiger partial charge >= 0.3 is 5.97 Å². The number of aliphatic carboxylic acids is 1. The standard InChI is InChI=1S/C26H41N7O6/c1-15(2)13-20(24(37)33-12-4-6-21(33)25(38)39)32-23(36)19(14-16-7-9-17(34)10-8-16)31-22(35)18(27)5-3-11-30-26(28)29/h7-10,15,18-21,34H,3-6,11-14,27H2,1-2H3,(H,31,35)(H,32,36)(H,38,39)(H4,28,29,30). The van der Waals surface area contributed by atoms with Crippen LogP contribution in [0.1, 0.15) is 51.5 Å². The summed E-state index contributed by atoms with van der Waals surface area (Å²) in [5.41, 5.74) is 17.3. The molecule has 1 aromatic carbocycles. The number of guanidine groups is 1. The van der Waals surface area contributed by atoms with Gasteiger partial charge in [-0.2, -0.15) is 0 Å². The van der Waals surface area contributed by atoms with Crippen LogP contribution in [0.25, 0.3) is 0 Å². The highest BCUT2D eigenvalue weighted by molar-refractivity contribution is 5.94. The van der Waals surface area contributed by atoms with E-state index < -0.39 is 47.9 Å². The molecule has 10 N–H and O–H groups in total. The van der Waals surface area contributed by atoms with Crippen LogP contribution < -0.4 is 27.8 Å². The van der Waals surface area contributed by atoms with Gasteiger partial charge in [-0.1, -0.05) is 26.0 Å². The van der Waals surface area contributed by atoms with Gasteiger partial charge < -0.3 is 42.9 Å². The van der Waals surface area contributed by atoms with E-state index in [1.54, 1.807) is 12.1 Å². The number of carbonyl (C=O) groups excluding carboxylic acids is 3. The van der Waals surface area contributed by atoms with Crippen molar-refractivity contribution in [2.75, 3.05) is 13.1 Å². The van der Waals surface area contributed by atoms with Crippen LogP contribution in [0.3, 0.4) is 0 Å². The Labute approximate surface area is 228 Å². The molecule has 39 heavy (non-hydrogen) atoms. The molecule has 1 heterocycles. The molecule has 4 unspecified atom stereocenters. The summed E-state index contributed by atoms with van der Waals surface area (Å²) in [5, 5.41) is 24.6. The summed E-state index contributed by atoms with van der Waals surface area (Å²) in [6.07, 6.45) is 2.00. The Hall–Kier alpha value is -3.87. The summed E-state index contributed by atoms with van der Waals surface area (Å²) in [6.45, 7) is 4.38. The summed E-state index contributed by atoms with van der Waals surface area (Å²) in [5.74, 6) is -2.70. The van der Waals surface area contributed by atoms with E-state index >= 15 is 0 Å². The SMILES string of the molecule is CC(C)CC(NC(=O)C(Cc1ccc(O)cc1)NC(=O)C(N)CCCN=C(N)N)C(=O)N1CCCC1C(=O)O. The number of likely N-dealkylation sites (tertiary alicyclic amines) is 1. The molecule has 13 heteroatoms. The fourth-order valence-corrected chi connectivity index (χ4v) is 4.46. The van der Waals surface area contributed by atoms with Crippen molar-refractivity contribution in [1.82, 2.24) is 15.5 Å². The number of nitrogens with two attached hydrogens (primary N) is 3. The minimum atomic E-state index is -1.08. The molecule has 1 aromatic rings. The molecule has 1 saturated heterocycles. The number of hydrogen-bond acceptors (Lipinski definition) is 7. The van der Waals surface area contributed by atoms with E-state index in [0.717, 1.165) is 0 Å². The van der Waals surface area contributed by atoms with E-state index in [4.69, 9.17) is 17.2 Å². The van der Waals surface area contributed by atoms with Crippen molar-refractivity contribution in [2.45, 2.75) is 76.5 Å². The van der Waals surface area contributed by atoms with E-state index in [2.05, 4.69) is 15.6 Å². The summed E-state index contributed by atoms with van der Waals surface area (Å²) in [6, 6.07) is 2.26. The molecule has 0 aliphatic carbocycles. The molecule has 13 nitrogen and oxygen atoms in total. The van der Waals surface area contributed by atoms with Crippen LogP contribution in [-0.4, -0.2) is 82.0 Å². The topological polar surface area (TPSA) is 226 Å². The Morgan fingerprint density at radius 1 is 1.08 bits per heavy atom. The molecule has 0 saturated carbocycles. The third-order valence-electron chi connectivity index (χ3n) is 6.46. The lowest BCUT2D eigenvalue weighted by Gasteiger charge is -2.30. The number of aliphatic imine (C=N–C) groups is 1. The molecule has 0 bridgehead atoms. The first-order chi connectivity index (χ1) is 18.4. The Kier molecular flexibility index (Phi) is 12.0. The van der Waals surface area contributed by atoms with Crippen molar-refractivity contribution in [2.24, 2.45) is 28.1 Å². The summed E-state index contributed by atoms with van der Waals surface area (Å²) < 4.78 is 0. The van der Waals surface area contributed by atoms with Crippen LogP contribution in [0.15, 0.2) is 29.3 Å². The third-order valence-corrected chi connectivity index (χ3v) is 6.46. The maximum atomic E-state index is 13.5. The van der Waals surface area contributed by atoms with E-state index in [0.29, 0.717) is 37.9 Å². The molecule has 1 aliphatic heterocycles. The molecule has 0 spiro atoms. The normalized spacial score (nSPS) is 17.2. The smallest absolute Gasteiger partial charge is 0.326 e. The average Bonchev–Trinajstić information content (AvgIpc) is 3.36. The molecule has 1 fully saturated rings. The second kappa shape index (κ2) is 14.9. The van der Waals surface area contributed by atoms with Crippen LogP contribution in [0.2, 0.25) is 0 Å². The van der Waals surface area contributed by atoms with Crippen molar-refractivity contribution in [3.05, 3.63) is 29.8 Å². The Morgan fingerprint density at radius 2 is 1.72 bits per heavy atom. The zero-order valence-electron chi connectivity index (χ0n) is 22.5. The van der Waals surface area contributed by atoms with Crippen LogP contribution >= 0.6 is 0 Å². The second-order valence-corrected chi connectivity index (χ2v) is 10.2. The molecule has 0 aromatic heterocycles. The van der Waals surface area contributed by atoms with Crippen LogP contribution in [0.4, 0.5) is 0 Å². The van der Waals surface area contributed by atoms with Crippen molar-refractivity contribution in [1.29, 1.82) is 0 Å². The fraction of sp³-hybridized carbons (Fsp3) is 0.577. The van der Waals surface area contributed by atoms with Gasteiger partial charge in [-0.05, 0) is 55.7 Å². The lowest BCUT2D eigenvalue weighted by molar-refractivity contribution is -0.149. The number of carboxylic acids is 1. The molecule has 2 rings (SSSR count). The monoisotopic (exact) mass is 547 g/mol. The quantitative estimate of drug-likeness (QED) is 0.0895. The first kappa shape index (κ1) is 31.3. The number of amides is 3. The van der Waals surface area contributed by atoms with Crippen molar-refractivity contribution in [3.63, 3.8) is 0 Å². The predicted molar refractivity (Wildman–Crippen MR) is 145 cm³/mol. The summed E-state index contributed by atoms with van der Waals surface area (Å²) in [7, 11) is 0. The molecule has 4 atom stereocenters. The van der Waals surface area contributed by atoms with Gasteiger partial charge in [0.25, 0.3) is 0 Å². The van der Waals surface area contributed by atoms with Crippen LogP contribution in [0, 0.1) is 5.92 Å². The molecule has 0 radical (unpaired) electrons. The van der Waals surface area contributed by atoms with Gasteiger partial charge in [0.15, 0.2) is 5.96 Å². The zero-order chi connectivity index (χ0) is 29.1. The lowest BCUT2D eigenvalue weighted by atomic mass is 10.00. The number of phenols is 1. The number of benzene rings is 1. The predicted octanol–water partition coefficient (Wildman–Crippen LogP) is -0.593. The minimum absolute atomic E-state index is 0.0221. The number of rotatable bonds is 14. The van der Waals surface area contributed by atoms with E-state index in [1.165, 1.54) is 17.0 Å². The third kappa shape index (κ3) is 10.1. The minimum Gasteiger partial charge on any atom is -0.508 e. The number of carbonyl (C=O) groups is 4. The average molecular weight is 548 g/mol. The zero-order valence-corrected chi connectivity index (χ0v) is 22.5. The maximum Gasteiger partial charge on any atom is 0.326 e. The van der Waals surface area contributed by atoms with Crippen LogP contribution in [-0.2, 0) is 25.6 Å². The molecule has 216 valence electrons. The van der Waals surface area contributed by atoms with Gasteiger partial charge in [0.05, 0.1) is 6.04 Å². The Bertz CT molecular complexity index is 1030. The number of hydrogen-bond donors (Lipinski definition) is 7. The molecule has 3 amide bonds. The highest BCUT2D eigenvalue weighted by Gasteiger charge is 2.38. The number of aromatic hydroxyl groups is 1. The van der Waals surface area contributed by atoms with Gasteiger partial charge in [0, 0.05) is 19.5 Å². The number of carboxylic acid groups (broad SMARTS) is 1. The largest absolute Gasteiger partial charge is 0.508 e. The van der Waals surface area contributed by atoms with Crippen molar-refractivity contribution in [3.8, 4) is 5.75 Å². The molecular formula is C26H41N7O6.